The van der Waals surface area contributed by atoms with Crippen molar-refractivity contribution < 1.29 is 15.0 Å². The lowest BCUT2D eigenvalue weighted by Gasteiger charge is -1.93. The zero-order valence-corrected chi connectivity index (χ0v) is 8.39. The summed E-state index contributed by atoms with van der Waals surface area (Å²) in [5.41, 5.74) is 0.103. The van der Waals surface area contributed by atoms with Crippen LogP contribution in [0.4, 0.5) is 0 Å². The summed E-state index contributed by atoms with van der Waals surface area (Å²) in [5, 5.41) is 18.6. The van der Waals surface area contributed by atoms with Gasteiger partial charge in [-0.1, -0.05) is 11.6 Å². The number of fused-ring (bicyclic) bond motifs is 1. The molecule has 2 aromatic rings. The lowest BCUT2D eigenvalue weighted by molar-refractivity contribution is 0.0699. The van der Waals surface area contributed by atoms with Gasteiger partial charge in [0.1, 0.15) is 10.1 Å². The average Bonchev–Trinajstić information content (AvgIpc) is 2.39. The molecule has 0 saturated heterocycles. The lowest BCUT2D eigenvalue weighted by Crippen LogP contribution is -1.94. The van der Waals surface area contributed by atoms with Crippen LogP contribution in [0.1, 0.15) is 10.4 Å². The minimum absolute atomic E-state index is 0.103. The van der Waals surface area contributed by atoms with Gasteiger partial charge in [-0.05, 0) is 18.2 Å². The third-order valence-electron chi connectivity index (χ3n) is 1.84. The maximum atomic E-state index is 10.8. The Kier molecular flexibility index (Phi) is 2.09. The number of phenolic OH excluding ortho intramolecular Hbond substituents is 1. The summed E-state index contributed by atoms with van der Waals surface area (Å²) in [7, 11) is 0. The van der Waals surface area contributed by atoms with Crippen molar-refractivity contribution in [1.82, 2.24) is 0 Å². The van der Waals surface area contributed by atoms with E-state index in [0.717, 1.165) is 11.3 Å². The van der Waals surface area contributed by atoms with E-state index in [4.69, 9.17) is 16.7 Å². The molecule has 0 fully saturated rings. The number of aromatic hydroxyl groups is 1. The first kappa shape index (κ1) is 9.30. The maximum Gasteiger partial charge on any atom is 0.338 e. The average molecular weight is 229 g/mol. The molecule has 14 heavy (non-hydrogen) atoms. The van der Waals surface area contributed by atoms with Gasteiger partial charge >= 0.3 is 5.97 Å². The molecular formula is C9H5ClO3S. The molecule has 1 aromatic carbocycles. The van der Waals surface area contributed by atoms with Gasteiger partial charge in [-0.3, -0.25) is 0 Å². The number of aromatic carboxylic acids is 1. The van der Waals surface area contributed by atoms with E-state index in [2.05, 4.69) is 0 Å². The Hall–Kier alpha value is -1.26. The van der Waals surface area contributed by atoms with Crippen molar-refractivity contribution in [3.8, 4) is 5.75 Å². The van der Waals surface area contributed by atoms with Crippen molar-refractivity contribution in [3.63, 3.8) is 0 Å². The molecule has 5 heteroatoms. The second-order valence-corrected chi connectivity index (χ2v) is 4.39. The molecule has 0 unspecified atom stereocenters. The van der Waals surface area contributed by atoms with Gasteiger partial charge in [-0.2, -0.15) is 0 Å². The Bertz CT molecular complexity index is 518. The van der Waals surface area contributed by atoms with Gasteiger partial charge in [0.2, 0.25) is 0 Å². The first-order valence-electron chi connectivity index (χ1n) is 3.74. The quantitative estimate of drug-likeness (QED) is 0.789. The highest BCUT2D eigenvalue weighted by Crippen LogP contribution is 2.36. The number of halogens is 1. The number of hydrogen-bond donors (Lipinski definition) is 2. The zero-order valence-electron chi connectivity index (χ0n) is 6.82. The van der Waals surface area contributed by atoms with E-state index >= 15 is 0 Å². The predicted molar refractivity (Wildman–Crippen MR) is 55.5 cm³/mol. The van der Waals surface area contributed by atoms with Gasteiger partial charge in [0, 0.05) is 10.1 Å². The molecule has 0 aliphatic heterocycles. The van der Waals surface area contributed by atoms with Crippen molar-refractivity contribution in [1.29, 1.82) is 0 Å². The van der Waals surface area contributed by atoms with E-state index in [-0.39, 0.29) is 15.6 Å². The Morgan fingerprint density at radius 1 is 1.43 bits per heavy atom. The summed E-state index contributed by atoms with van der Waals surface area (Å²) < 4.78 is 0.908. The summed E-state index contributed by atoms with van der Waals surface area (Å²) in [5.74, 6) is -0.945. The van der Waals surface area contributed by atoms with E-state index < -0.39 is 5.97 Å². The van der Waals surface area contributed by atoms with Crippen LogP contribution >= 0.6 is 22.9 Å². The van der Waals surface area contributed by atoms with E-state index in [1.54, 1.807) is 6.07 Å². The number of phenols is 1. The molecule has 2 rings (SSSR count). The minimum Gasteiger partial charge on any atom is -0.508 e. The van der Waals surface area contributed by atoms with Gasteiger partial charge in [-0.15, -0.1) is 11.3 Å². The fourth-order valence-electron chi connectivity index (χ4n) is 1.25. The highest BCUT2D eigenvalue weighted by Gasteiger charge is 2.16. The van der Waals surface area contributed by atoms with E-state index in [1.165, 1.54) is 12.1 Å². The number of benzene rings is 1. The standard InChI is InChI=1S/C9H5ClO3S/c10-8-7(9(12)13)5-2-1-4(11)3-6(5)14-8/h1-3,11H,(H,12,13). The molecule has 0 radical (unpaired) electrons. The largest absolute Gasteiger partial charge is 0.508 e. The Morgan fingerprint density at radius 2 is 2.14 bits per heavy atom. The van der Waals surface area contributed by atoms with Crippen LogP contribution in [-0.4, -0.2) is 16.2 Å². The highest BCUT2D eigenvalue weighted by molar-refractivity contribution is 7.23. The summed E-state index contributed by atoms with van der Waals surface area (Å²) in [6.07, 6.45) is 0. The molecule has 0 aliphatic rings. The van der Waals surface area contributed by atoms with Crippen LogP contribution in [0.5, 0.6) is 5.75 Å². The van der Waals surface area contributed by atoms with Gasteiger partial charge in [0.15, 0.2) is 0 Å². The lowest BCUT2D eigenvalue weighted by atomic mass is 10.2. The molecule has 2 N–H and O–H groups in total. The second-order valence-electron chi connectivity index (χ2n) is 2.74. The smallest absolute Gasteiger partial charge is 0.338 e. The van der Waals surface area contributed by atoms with Gasteiger partial charge in [0.25, 0.3) is 0 Å². The van der Waals surface area contributed by atoms with Crippen molar-refractivity contribution in [2.45, 2.75) is 0 Å². The number of rotatable bonds is 1. The molecule has 0 atom stereocenters. The molecule has 0 saturated carbocycles. The van der Waals surface area contributed by atoms with Crippen LogP contribution in [0, 0.1) is 0 Å². The molecule has 3 nitrogen and oxygen atoms in total. The van der Waals surface area contributed by atoms with Crippen LogP contribution in [0.2, 0.25) is 4.34 Å². The maximum absolute atomic E-state index is 10.8. The third kappa shape index (κ3) is 1.32. The van der Waals surface area contributed by atoms with Crippen molar-refractivity contribution in [2.24, 2.45) is 0 Å². The van der Waals surface area contributed by atoms with Crippen molar-refractivity contribution in [2.75, 3.05) is 0 Å². The summed E-state index contributed by atoms with van der Waals surface area (Å²) in [4.78, 5) is 10.8. The fraction of sp³-hybridized carbons (Fsp3) is 0. The third-order valence-corrected chi connectivity index (χ3v) is 3.21. The summed E-state index contributed by atoms with van der Waals surface area (Å²) in [6, 6.07) is 4.49. The highest BCUT2D eigenvalue weighted by atomic mass is 35.5. The molecule has 1 aromatic heterocycles. The second kappa shape index (κ2) is 3.15. The van der Waals surface area contributed by atoms with Crippen LogP contribution in [-0.2, 0) is 0 Å². The molecular weight excluding hydrogens is 224 g/mol. The first-order valence-corrected chi connectivity index (χ1v) is 4.93. The Morgan fingerprint density at radius 3 is 2.79 bits per heavy atom. The van der Waals surface area contributed by atoms with Crippen molar-refractivity contribution in [3.05, 3.63) is 28.1 Å². The zero-order chi connectivity index (χ0) is 10.3. The molecule has 0 amide bonds. The molecule has 72 valence electrons. The van der Waals surface area contributed by atoms with Gasteiger partial charge < -0.3 is 10.2 Å². The summed E-state index contributed by atoms with van der Waals surface area (Å²) >= 11 is 6.92. The first-order chi connectivity index (χ1) is 6.59. The number of carboxylic acids is 1. The molecule has 0 bridgehead atoms. The Balaban J connectivity index is 2.84. The topological polar surface area (TPSA) is 57.5 Å². The van der Waals surface area contributed by atoms with Crippen LogP contribution in [0.3, 0.4) is 0 Å². The van der Waals surface area contributed by atoms with E-state index in [1.807, 2.05) is 0 Å². The van der Waals surface area contributed by atoms with Crippen LogP contribution in [0.25, 0.3) is 10.1 Å². The minimum atomic E-state index is -1.05. The van der Waals surface area contributed by atoms with Gasteiger partial charge in [-0.25, -0.2) is 4.79 Å². The van der Waals surface area contributed by atoms with Crippen LogP contribution in [0.15, 0.2) is 18.2 Å². The molecule has 0 aliphatic carbocycles. The molecule has 1 heterocycles. The molecule has 0 spiro atoms. The fourth-order valence-corrected chi connectivity index (χ4v) is 2.64. The number of carbonyl (C=O) groups is 1. The van der Waals surface area contributed by atoms with Crippen molar-refractivity contribution >= 4 is 39.0 Å². The predicted octanol–water partition coefficient (Wildman–Crippen LogP) is 2.96. The Labute approximate surface area is 88.2 Å². The van der Waals surface area contributed by atoms with Crippen LogP contribution < -0.4 is 0 Å². The normalized spacial score (nSPS) is 10.6. The summed E-state index contributed by atoms with van der Waals surface area (Å²) in [6.45, 7) is 0. The number of hydrogen-bond acceptors (Lipinski definition) is 3. The SMILES string of the molecule is O=C(O)c1c(Cl)sc2cc(O)ccc12. The van der Waals surface area contributed by atoms with Gasteiger partial charge in [0.05, 0.1) is 5.56 Å². The monoisotopic (exact) mass is 228 g/mol. The van der Waals surface area contributed by atoms with E-state index in [9.17, 15) is 9.90 Å². The number of carboxylic acid groups (broad SMARTS) is 1. The van der Waals surface area contributed by atoms with E-state index in [0.29, 0.717) is 10.1 Å². The number of thiophene rings is 1.